The molecule has 2 N–H and O–H groups in total. The van der Waals surface area contributed by atoms with Crippen molar-refractivity contribution >= 4 is 17.2 Å². The van der Waals surface area contributed by atoms with Crippen LogP contribution in [0.15, 0.2) is 18.2 Å². The van der Waals surface area contributed by atoms with E-state index in [1.807, 2.05) is 18.2 Å². The Hall–Kier alpha value is -1.13. The van der Waals surface area contributed by atoms with E-state index >= 15 is 0 Å². The Kier molecular flexibility index (Phi) is 6.09. The molecule has 0 aliphatic carbocycles. The highest BCUT2D eigenvalue weighted by molar-refractivity contribution is 7.80. The first-order valence-corrected chi connectivity index (χ1v) is 6.57. The predicted molar refractivity (Wildman–Crippen MR) is 78.0 cm³/mol. The Morgan fingerprint density at radius 1 is 1.44 bits per heavy atom. The number of benzene rings is 1. The number of ether oxygens (including phenoxy) is 2. The first kappa shape index (κ1) is 14.9. The van der Waals surface area contributed by atoms with E-state index < -0.39 is 0 Å². The Bertz CT molecular complexity index is 407. The second kappa shape index (κ2) is 7.34. The van der Waals surface area contributed by atoms with E-state index in [0.717, 1.165) is 24.0 Å². The van der Waals surface area contributed by atoms with Gasteiger partial charge in [-0.05, 0) is 31.0 Å². The number of thiocarbonyl (C=S) groups is 1. The number of rotatable bonds is 7. The average molecular weight is 267 g/mol. The molecule has 3 nitrogen and oxygen atoms in total. The van der Waals surface area contributed by atoms with Crippen LogP contribution in [0.2, 0.25) is 0 Å². The van der Waals surface area contributed by atoms with Crippen molar-refractivity contribution in [2.75, 3.05) is 7.11 Å². The molecule has 0 bridgehead atoms. The maximum absolute atomic E-state index is 5.75. The normalized spacial score (nSPS) is 12.2. The van der Waals surface area contributed by atoms with Crippen LogP contribution in [0.4, 0.5) is 0 Å². The van der Waals surface area contributed by atoms with Gasteiger partial charge in [-0.2, -0.15) is 0 Å². The molecule has 0 fully saturated rings. The molecule has 0 amide bonds. The van der Waals surface area contributed by atoms with Crippen molar-refractivity contribution in [2.45, 2.75) is 39.4 Å². The van der Waals surface area contributed by atoms with Gasteiger partial charge in [0.25, 0.3) is 0 Å². The molecule has 0 aromatic heterocycles. The molecule has 1 unspecified atom stereocenters. The molecule has 0 aliphatic heterocycles. The summed E-state index contributed by atoms with van der Waals surface area (Å²) in [5, 5.41) is 0. The Morgan fingerprint density at radius 2 is 2.17 bits per heavy atom. The van der Waals surface area contributed by atoms with E-state index in [1.165, 1.54) is 0 Å². The van der Waals surface area contributed by atoms with Crippen molar-refractivity contribution in [1.29, 1.82) is 0 Å². The first-order chi connectivity index (χ1) is 8.58. The standard InChI is InChI=1S/C14H21NO2S/c1-4-5-10(2)17-9-11-6-7-12(14(15)18)13(8-11)16-3/h6-8,10H,4-5,9H2,1-3H3,(H2,15,18). The van der Waals surface area contributed by atoms with E-state index in [9.17, 15) is 0 Å². The minimum absolute atomic E-state index is 0.274. The minimum atomic E-state index is 0.274. The molecule has 0 radical (unpaired) electrons. The van der Waals surface area contributed by atoms with Crippen LogP contribution in [0, 0.1) is 0 Å². The van der Waals surface area contributed by atoms with Gasteiger partial charge in [0, 0.05) is 0 Å². The lowest BCUT2D eigenvalue weighted by atomic mass is 10.1. The lowest BCUT2D eigenvalue weighted by molar-refractivity contribution is 0.0471. The van der Waals surface area contributed by atoms with Crippen molar-refractivity contribution in [2.24, 2.45) is 5.73 Å². The monoisotopic (exact) mass is 267 g/mol. The quantitative estimate of drug-likeness (QED) is 0.771. The van der Waals surface area contributed by atoms with Gasteiger partial charge in [0.05, 0.1) is 25.4 Å². The number of methoxy groups -OCH3 is 1. The Morgan fingerprint density at radius 3 is 2.72 bits per heavy atom. The number of hydrogen-bond acceptors (Lipinski definition) is 3. The fourth-order valence-electron chi connectivity index (χ4n) is 1.76. The van der Waals surface area contributed by atoms with Crippen LogP contribution in [0.5, 0.6) is 5.75 Å². The topological polar surface area (TPSA) is 44.5 Å². The maximum Gasteiger partial charge on any atom is 0.129 e. The first-order valence-electron chi connectivity index (χ1n) is 6.16. The van der Waals surface area contributed by atoms with Crippen LogP contribution >= 0.6 is 12.2 Å². The van der Waals surface area contributed by atoms with Crippen molar-refractivity contribution in [3.8, 4) is 5.75 Å². The molecule has 0 heterocycles. The molecule has 1 aromatic rings. The third-order valence-corrected chi connectivity index (χ3v) is 2.98. The summed E-state index contributed by atoms with van der Waals surface area (Å²) in [5.41, 5.74) is 7.45. The van der Waals surface area contributed by atoms with Crippen molar-refractivity contribution in [3.05, 3.63) is 29.3 Å². The largest absolute Gasteiger partial charge is 0.496 e. The lowest BCUT2D eigenvalue weighted by Crippen LogP contribution is -2.12. The smallest absolute Gasteiger partial charge is 0.129 e. The van der Waals surface area contributed by atoms with Gasteiger partial charge in [-0.25, -0.2) is 0 Å². The highest BCUT2D eigenvalue weighted by atomic mass is 32.1. The Balaban J connectivity index is 2.71. The molecular weight excluding hydrogens is 246 g/mol. The van der Waals surface area contributed by atoms with Gasteiger partial charge in [0.15, 0.2) is 0 Å². The third kappa shape index (κ3) is 4.27. The molecule has 100 valence electrons. The summed E-state index contributed by atoms with van der Waals surface area (Å²) in [6.07, 6.45) is 2.48. The molecule has 18 heavy (non-hydrogen) atoms. The minimum Gasteiger partial charge on any atom is -0.496 e. The summed E-state index contributed by atoms with van der Waals surface area (Å²) in [4.78, 5) is 0.346. The Labute approximate surface area is 114 Å². The molecule has 1 aromatic carbocycles. The van der Waals surface area contributed by atoms with Gasteiger partial charge in [0.2, 0.25) is 0 Å². The summed E-state index contributed by atoms with van der Waals surface area (Å²) in [5.74, 6) is 0.701. The van der Waals surface area contributed by atoms with E-state index in [1.54, 1.807) is 7.11 Å². The highest BCUT2D eigenvalue weighted by Gasteiger charge is 2.08. The van der Waals surface area contributed by atoms with E-state index in [0.29, 0.717) is 17.3 Å². The van der Waals surface area contributed by atoms with Crippen LogP contribution in [-0.2, 0) is 11.3 Å². The summed E-state index contributed by atoms with van der Waals surface area (Å²) < 4.78 is 11.0. The highest BCUT2D eigenvalue weighted by Crippen LogP contribution is 2.21. The fourth-order valence-corrected chi connectivity index (χ4v) is 1.93. The van der Waals surface area contributed by atoms with Crippen LogP contribution < -0.4 is 10.5 Å². The maximum atomic E-state index is 5.75. The fraction of sp³-hybridized carbons (Fsp3) is 0.500. The molecule has 0 saturated carbocycles. The van der Waals surface area contributed by atoms with Crippen molar-refractivity contribution < 1.29 is 9.47 Å². The van der Waals surface area contributed by atoms with E-state index in [-0.39, 0.29) is 6.10 Å². The van der Waals surface area contributed by atoms with Crippen molar-refractivity contribution in [3.63, 3.8) is 0 Å². The summed E-state index contributed by atoms with van der Waals surface area (Å²) in [7, 11) is 1.61. The molecule has 1 rings (SSSR count). The lowest BCUT2D eigenvalue weighted by Gasteiger charge is -2.13. The summed E-state index contributed by atoms with van der Waals surface area (Å²) >= 11 is 4.97. The predicted octanol–water partition coefficient (Wildman–Crippen LogP) is 3.03. The average Bonchev–Trinajstić information content (AvgIpc) is 2.36. The van der Waals surface area contributed by atoms with E-state index in [4.69, 9.17) is 27.4 Å². The zero-order valence-corrected chi connectivity index (χ0v) is 12.0. The van der Waals surface area contributed by atoms with Gasteiger partial charge >= 0.3 is 0 Å². The van der Waals surface area contributed by atoms with Crippen LogP contribution in [0.3, 0.4) is 0 Å². The molecule has 0 spiro atoms. The second-order valence-electron chi connectivity index (χ2n) is 4.31. The van der Waals surface area contributed by atoms with Gasteiger partial charge < -0.3 is 15.2 Å². The van der Waals surface area contributed by atoms with Gasteiger partial charge in [0.1, 0.15) is 10.7 Å². The van der Waals surface area contributed by atoms with Crippen LogP contribution in [0.1, 0.15) is 37.8 Å². The molecule has 0 saturated heterocycles. The zero-order valence-electron chi connectivity index (χ0n) is 11.2. The third-order valence-electron chi connectivity index (χ3n) is 2.76. The number of hydrogen-bond donors (Lipinski definition) is 1. The van der Waals surface area contributed by atoms with Gasteiger partial charge in [-0.3, -0.25) is 0 Å². The van der Waals surface area contributed by atoms with Crippen LogP contribution in [-0.4, -0.2) is 18.2 Å². The SMILES string of the molecule is CCCC(C)OCc1ccc(C(N)=S)c(OC)c1. The second-order valence-corrected chi connectivity index (χ2v) is 4.75. The van der Waals surface area contributed by atoms with Gasteiger partial charge in [-0.1, -0.05) is 31.6 Å². The zero-order chi connectivity index (χ0) is 13.5. The molecule has 0 aliphatic rings. The summed E-state index contributed by atoms with van der Waals surface area (Å²) in [6.45, 7) is 4.82. The number of nitrogens with two attached hydrogens (primary N) is 1. The van der Waals surface area contributed by atoms with Crippen LogP contribution in [0.25, 0.3) is 0 Å². The summed E-state index contributed by atoms with van der Waals surface area (Å²) in [6, 6.07) is 5.77. The molecule has 1 atom stereocenters. The molecular formula is C14H21NO2S. The molecule has 4 heteroatoms. The van der Waals surface area contributed by atoms with Crippen molar-refractivity contribution in [1.82, 2.24) is 0 Å². The van der Waals surface area contributed by atoms with Gasteiger partial charge in [-0.15, -0.1) is 0 Å². The van der Waals surface area contributed by atoms with E-state index in [2.05, 4.69) is 13.8 Å².